The molecule has 1 aliphatic carbocycles. The van der Waals surface area contributed by atoms with Crippen molar-refractivity contribution in [1.82, 2.24) is 10.2 Å². The van der Waals surface area contributed by atoms with Crippen molar-refractivity contribution in [3.8, 4) is 0 Å². The molecule has 3 nitrogen and oxygen atoms in total. The van der Waals surface area contributed by atoms with Gasteiger partial charge in [-0.2, -0.15) is 0 Å². The Morgan fingerprint density at radius 1 is 1.33 bits per heavy atom. The van der Waals surface area contributed by atoms with Gasteiger partial charge in [0.2, 0.25) is 0 Å². The van der Waals surface area contributed by atoms with Gasteiger partial charge in [-0.15, -0.1) is 0 Å². The molecule has 0 radical (unpaired) electrons. The molecule has 2 N–H and O–H groups in total. The highest BCUT2D eigenvalue weighted by Gasteiger charge is 2.30. The Balaban J connectivity index is 2.50. The van der Waals surface area contributed by atoms with Crippen LogP contribution in [0, 0.1) is 11.8 Å². The first-order chi connectivity index (χ1) is 8.35. The molecule has 0 aliphatic heterocycles. The lowest BCUT2D eigenvalue weighted by atomic mass is 9.76. The molecule has 3 atom stereocenters. The maximum atomic E-state index is 9.88. The Morgan fingerprint density at radius 2 is 2.00 bits per heavy atom. The molecule has 0 bridgehead atoms. The van der Waals surface area contributed by atoms with Gasteiger partial charge in [-0.1, -0.05) is 13.3 Å². The van der Waals surface area contributed by atoms with Gasteiger partial charge in [0, 0.05) is 19.1 Å². The van der Waals surface area contributed by atoms with Gasteiger partial charge in [-0.25, -0.2) is 0 Å². The molecule has 0 heterocycles. The van der Waals surface area contributed by atoms with E-state index >= 15 is 0 Å². The van der Waals surface area contributed by atoms with Crippen LogP contribution in [0.5, 0.6) is 0 Å². The van der Waals surface area contributed by atoms with Crippen LogP contribution in [0.2, 0.25) is 0 Å². The van der Waals surface area contributed by atoms with Gasteiger partial charge >= 0.3 is 0 Å². The predicted octanol–water partition coefficient (Wildman–Crippen LogP) is 2.10. The molecule has 0 amide bonds. The van der Waals surface area contributed by atoms with Crippen LogP contribution in [0.3, 0.4) is 0 Å². The second kappa shape index (κ2) is 6.88. The number of aliphatic hydroxyl groups is 1. The second-order valence-corrected chi connectivity index (χ2v) is 6.75. The summed E-state index contributed by atoms with van der Waals surface area (Å²) in [5.41, 5.74) is -0.595. The van der Waals surface area contributed by atoms with Crippen LogP contribution in [0.15, 0.2) is 0 Å². The van der Waals surface area contributed by atoms with E-state index in [1.807, 2.05) is 13.8 Å². The molecule has 1 fully saturated rings. The molecule has 0 saturated heterocycles. The summed E-state index contributed by atoms with van der Waals surface area (Å²) in [6, 6.07) is 0.650. The largest absolute Gasteiger partial charge is 0.389 e. The first kappa shape index (κ1) is 15.9. The van der Waals surface area contributed by atoms with Crippen molar-refractivity contribution in [2.75, 3.05) is 27.2 Å². The number of likely N-dealkylation sites (N-methyl/N-ethyl adjacent to an activating group) is 1. The minimum atomic E-state index is -0.595. The van der Waals surface area contributed by atoms with E-state index in [0.29, 0.717) is 6.04 Å². The van der Waals surface area contributed by atoms with Gasteiger partial charge in [0.1, 0.15) is 0 Å². The Kier molecular flexibility index (Phi) is 6.09. The SMILES string of the molecule is CCC1CCC(NC)C(CN(C)CC(C)(C)O)C1. The van der Waals surface area contributed by atoms with E-state index in [0.717, 1.165) is 24.9 Å². The topological polar surface area (TPSA) is 35.5 Å². The van der Waals surface area contributed by atoms with Crippen LogP contribution < -0.4 is 5.32 Å². The Bertz CT molecular complexity index is 237. The van der Waals surface area contributed by atoms with Gasteiger partial charge in [-0.3, -0.25) is 0 Å². The van der Waals surface area contributed by atoms with E-state index in [2.05, 4.69) is 31.2 Å². The molecular formula is C15H32N2O. The predicted molar refractivity (Wildman–Crippen MR) is 77.8 cm³/mol. The molecule has 0 spiro atoms. The summed E-state index contributed by atoms with van der Waals surface area (Å²) in [5, 5.41) is 13.4. The molecule has 0 aromatic rings. The molecule has 0 aromatic carbocycles. The van der Waals surface area contributed by atoms with Gasteiger partial charge in [0.15, 0.2) is 0 Å². The van der Waals surface area contributed by atoms with Crippen molar-refractivity contribution in [3.63, 3.8) is 0 Å². The summed E-state index contributed by atoms with van der Waals surface area (Å²) in [6.07, 6.45) is 5.31. The van der Waals surface area contributed by atoms with E-state index in [1.165, 1.54) is 25.7 Å². The highest BCUT2D eigenvalue weighted by molar-refractivity contribution is 4.86. The van der Waals surface area contributed by atoms with Gasteiger partial charge in [0.25, 0.3) is 0 Å². The van der Waals surface area contributed by atoms with E-state index in [4.69, 9.17) is 0 Å². The summed E-state index contributed by atoms with van der Waals surface area (Å²) >= 11 is 0. The Hall–Kier alpha value is -0.120. The summed E-state index contributed by atoms with van der Waals surface area (Å²) in [6.45, 7) is 7.91. The highest BCUT2D eigenvalue weighted by Crippen LogP contribution is 2.31. The average molecular weight is 256 g/mol. The summed E-state index contributed by atoms with van der Waals surface area (Å²) in [5.74, 6) is 1.62. The number of nitrogens with zero attached hydrogens (tertiary/aromatic N) is 1. The number of hydrogen-bond donors (Lipinski definition) is 2. The average Bonchev–Trinajstić information content (AvgIpc) is 2.26. The van der Waals surface area contributed by atoms with Crippen molar-refractivity contribution in [2.45, 2.75) is 58.1 Å². The lowest BCUT2D eigenvalue weighted by molar-refractivity contribution is 0.0338. The van der Waals surface area contributed by atoms with Crippen molar-refractivity contribution >= 4 is 0 Å². The minimum Gasteiger partial charge on any atom is -0.389 e. The van der Waals surface area contributed by atoms with E-state index < -0.39 is 5.60 Å². The van der Waals surface area contributed by atoms with Crippen molar-refractivity contribution in [1.29, 1.82) is 0 Å². The maximum Gasteiger partial charge on any atom is 0.0718 e. The number of hydrogen-bond acceptors (Lipinski definition) is 3. The van der Waals surface area contributed by atoms with Gasteiger partial charge in [-0.05, 0) is 59.0 Å². The molecule has 108 valence electrons. The van der Waals surface area contributed by atoms with E-state index in [9.17, 15) is 5.11 Å². The zero-order chi connectivity index (χ0) is 13.8. The Morgan fingerprint density at radius 3 is 2.50 bits per heavy atom. The zero-order valence-electron chi connectivity index (χ0n) is 12.9. The van der Waals surface area contributed by atoms with Crippen LogP contribution in [0.1, 0.15) is 46.5 Å². The summed E-state index contributed by atoms with van der Waals surface area (Å²) in [7, 11) is 4.21. The third kappa shape index (κ3) is 5.25. The van der Waals surface area contributed by atoms with Gasteiger partial charge < -0.3 is 15.3 Å². The second-order valence-electron chi connectivity index (χ2n) is 6.75. The van der Waals surface area contributed by atoms with Crippen LogP contribution in [-0.4, -0.2) is 48.8 Å². The molecular weight excluding hydrogens is 224 g/mol. The van der Waals surface area contributed by atoms with Crippen molar-refractivity contribution < 1.29 is 5.11 Å². The van der Waals surface area contributed by atoms with Crippen LogP contribution in [0.25, 0.3) is 0 Å². The molecule has 3 heteroatoms. The van der Waals surface area contributed by atoms with E-state index in [-0.39, 0.29) is 0 Å². The molecule has 1 rings (SSSR count). The summed E-state index contributed by atoms with van der Waals surface area (Å²) in [4.78, 5) is 2.28. The fourth-order valence-corrected chi connectivity index (χ4v) is 3.44. The maximum absolute atomic E-state index is 9.88. The van der Waals surface area contributed by atoms with Crippen LogP contribution in [0.4, 0.5) is 0 Å². The third-order valence-electron chi connectivity index (χ3n) is 4.24. The lowest BCUT2D eigenvalue weighted by Crippen LogP contribution is -2.46. The third-order valence-corrected chi connectivity index (χ3v) is 4.24. The van der Waals surface area contributed by atoms with Crippen molar-refractivity contribution in [3.05, 3.63) is 0 Å². The number of rotatable bonds is 6. The molecule has 1 saturated carbocycles. The molecule has 18 heavy (non-hydrogen) atoms. The number of nitrogens with one attached hydrogen (secondary N) is 1. The van der Waals surface area contributed by atoms with Crippen molar-refractivity contribution in [2.24, 2.45) is 11.8 Å². The monoisotopic (exact) mass is 256 g/mol. The van der Waals surface area contributed by atoms with Crippen LogP contribution in [-0.2, 0) is 0 Å². The molecule has 1 aliphatic rings. The summed E-state index contributed by atoms with van der Waals surface area (Å²) < 4.78 is 0. The normalized spacial score (nSPS) is 29.8. The highest BCUT2D eigenvalue weighted by atomic mass is 16.3. The van der Waals surface area contributed by atoms with Gasteiger partial charge in [0.05, 0.1) is 5.60 Å². The lowest BCUT2D eigenvalue weighted by Gasteiger charge is -2.38. The smallest absolute Gasteiger partial charge is 0.0718 e. The first-order valence-electron chi connectivity index (χ1n) is 7.44. The minimum absolute atomic E-state index is 0.595. The fourth-order valence-electron chi connectivity index (χ4n) is 3.44. The zero-order valence-corrected chi connectivity index (χ0v) is 12.9. The van der Waals surface area contributed by atoms with E-state index in [1.54, 1.807) is 0 Å². The Labute approximate surface area is 113 Å². The molecule has 3 unspecified atom stereocenters. The quantitative estimate of drug-likeness (QED) is 0.764. The fraction of sp³-hybridized carbons (Fsp3) is 1.00. The van der Waals surface area contributed by atoms with Crippen LogP contribution >= 0.6 is 0 Å². The standard InChI is InChI=1S/C15H32N2O/c1-6-12-7-8-14(16-4)13(9-12)10-17(5)11-15(2,3)18/h12-14,16,18H,6-11H2,1-5H3. The molecule has 0 aromatic heterocycles. The first-order valence-corrected chi connectivity index (χ1v) is 7.44.